The highest BCUT2D eigenvalue weighted by Gasteiger charge is 2.48. The lowest BCUT2D eigenvalue weighted by Crippen LogP contribution is -2.30. The molecule has 0 spiro atoms. The molecule has 0 bridgehead atoms. The van der Waals surface area contributed by atoms with Gasteiger partial charge in [-0.1, -0.05) is 26.0 Å². The summed E-state index contributed by atoms with van der Waals surface area (Å²) in [6, 6.07) is 11.8. The summed E-state index contributed by atoms with van der Waals surface area (Å²) in [6.07, 6.45) is 0. The van der Waals surface area contributed by atoms with E-state index in [4.69, 9.17) is 4.74 Å². The van der Waals surface area contributed by atoms with Crippen molar-refractivity contribution >= 4 is 23.1 Å². The van der Waals surface area contributed by atoms with Gasteiger partial charge in [0.2, 0.25) is 0 Å². The first-order chi connectivity index (χ1) is 17.1. The van der Waals surface area contributed by atoms with Crippen molar-refractivity contribution in [2.75, 3.05) is 11.5 Å². The van der Waals surface area contributed by atoms with Crippen molar-refractivity contribution in [1.82, 2.24) is 0 Å². The van der Waals surface area contributed by atoms with E-state index >= 15 is 0 Å². The first kappa shape index (κ1) is 24.9. The molecule has 1 aliphatic heterocycles. The second kappa shape index (κ2) is 9.81. The number of nitrogens with zero attached hydrogens (tertiary/aromatic N) is 1. The molecule has 1 aliphatic rings. The molecule has 4 rings (SSSR count). The average Bonchev–Trinajstić information content (AvgIpc) is 3.10. The first-order valence-electron chi connectivity index (χ1n) is 11.5. The van der Waals surface area contributed by atoms with Crippen molar-refractivity contribution in [3.63, 3.8) is 0 Å². The lowest BCUT2D eigenvalue weighted by Gasteiger charge is -2.26. The number of carbonyl (C=O) groups is 2. The number of carbonyl (C=O) groups excluding carboxylic acids is 2. The summed E-state index contributed by atoms with van der Waals surface area (Å²) >= 11 is 0. The van der Waals surface area contributed by atoms with E-state index < -0.39 is 40.8 Å². The molecule has 6 nitrogen and oxygen atoms in total. The largest absolute Gasteiger partial charge is 0.508 e. The number of halogens is 2. The standard InChI is InChI=1S/C28H25F2NO5/c1-4-36-23-11-8-17(13-20(23)15(2)3)26(33)24-25(16-6-5-7-19(32)12-16)31(28(35)27(24)34)22-14-18(29)9-10-21(22)30/h5-15,25,32-33H,4H2,1-3H3/b26-24-. The normalized spacial score (nSPS) is 17.2. The molecule has 0 aliphatic carbocycles. The summed E-state index contributed by atoms with van der Waals surface area (Å²) < 4.78 is 34.5. The minimum atomic E-state index is -1.32. The number of ketones is 1. The molecule has 1 amide bonds. The Hall–Kier alpha value is -4.20. The van der Waals surface area contributed by atoms with Gasteiger partial charge < -0.3 is 14.9 Å². The van der Waals surface area contributed by atoms with Crippen LogP contribution in [0.25, 0.3) is 5.76 Å². The summed E-state index contributed by atoms with van der Waals surface area (Å²) in [5, 5.41) is 21.4. The number of ether oxygens (including phenoxy) is 1. The van der Waals surface area contributed by atoms with Gasteiger partial charge in [-0.2, -0.15) is 0 Å². The Morgan fingerprint density at radius 2 is 1.81 bits per heavy atom. The lowest BCUT2D eigenvalue weighted by molar-refractivity contribution is -0.132. The quantitative estimate of drug-likeness (QED) is 0.257. The van der Waals surface area contributed by atoms with Crippen molar-refractivity contribution in [1.29, 1.82) is 0 Å². The predicted molar refractivity (Wildman–Crippen MR) is 131 cm³/mol. The number of benzene rings is 3. The number of aliphatic hydroxyl groups excluding tert-OH is 1. The van der Waals surface area contributed by atoms with Gasteiger partial charge in [-0.15, -0.1) is 0 Å². The minimum absolute atomic E-state index is 0.0185. The van der Waals surface area contributed by atoms with Crippen molar-refractivity contribution in [2.24, 2.45) is 0 Å². The third-order valence-corrected chi connectivity index (χ3v) is 6.00. The van der Waals surface area contributed by atoms with Crippen molar-refractivity contribution in [2.45, 2.75) is 32.7 Å². The molecule has 0 saturated carbocycles. The van der Waals surface area contributed by atoms with Crippen LogP contribution in [0.2, 0.25) is 0 Å². The highest BCUT2D eigenvalue weighted by molar-refractivity contribution is 6.51. The van der Waals surface area contributed by atoms with Gasteiger partial charge in [-0.05, 0) is 66.4 Å². The van der Waals surface area contributed by atoms with E-state index in [0.29, 0.717) is 12.4 Å². The van der Waals surface area contributed by atoms with Crippen LogP contribution in [0.1, 0.15) is 49.4 Å². The topological polar surface area (TPSA) is 87.1 Å². The van der Waals surface area contributed by atoms with Gasteiger partial charge in [0, 0.05) is 11.6 Å². The second-order valence-corrected chi connectivity index (χ2v) is 8.70. The van der Waals surface area contributed by atoms with Gasteiger partial charge in [-0.25, -0.2) is 8.78 Å². The molecule has 3 aromatic carbocycles. The number of aromatic hydroxyl groups is 1. The molecule has 1 heterocycles. The maximum atomic E-state index is 14.8. The van der Waals surface area contributed by atoms with Crippen molar-refractivity contribution < 1.29 is 33.3 Å². The van der Waals surface area contributed by atoms with E-state index in [0.717, 1.165) is 28.7 Å². The van der Waals surface area contributed by atoms with E-state index in [1.807, 2.05) is 20.8 Å². The van der Waals surface area contributed by atoms with Crippen LogP contribution >= 0.6 is 0 Å². The zero-order chi connectivity index (χ0) is 26.1. The number of amides is 1. The van der Waals surface area contributed by atoms with Crippen LogP contribution in [0, 0.1) is 11.6 Å². The third kappa shape index (κ3) is 4.42. The van der Waals surface area contributed by atoms with Gasteiger partial charge in [0.25, 0.3) is 11.7 Å². The molecule has 3 aromatic rings. The Kier molecular flexibility index (Phi) is 6.79. The number of Topliss-reactive ketones (excluding diaryl/α,β-unsaturated/α-hetero) is 1. The number of phenols is 1. The third-order valence-electron chi connectivity index (χ3n) is 6.00. The van der Waals surface area contributed by atoms with Crippen LogP contribution in [0.4, 0.5) is 14.5 Å². The van der Waals surface area contributed by atoms with Crippen molar-refractivity contribution in [3.05, 3.63) is 94.6 Å². The SMILES string of the molecule is CCOc1ccc(/C(O)=C2/C(=O)C(=O)N(c3cc(F)ccc3F)C2c2cccc(O)c2)cc1C(C)C. The van der Waals surface area contributed by atoms with Gasteiger partial charge in [0.1, 0.15) is 28.9 Å². The van der Waals surface area contributed by atoms with E-state index in [1.165, 1.54) is 24.3 Å². The van der Waals surface area contributed by atoms with Gasteiger partial charge in [0.05, 0.1) is 23.9 Å². The average molecular weight is 494 g/mol. The summed E-state index contributed by atoms with van der Waals surface area (Å²) in [7, 11) is 0. The summed E-state index contributed by atoms with van der Waals surface area (Å²) in [5.74, 6) is -3.94. The maximum Gasteiger partial charge on any atom is 0.300 e. The first-order valence-corrected chi connectivity index (χ1v) is 11.5. The second-order valence-electron chi connectivity index (χ2n) is 8.70. The number of phenolic OH excluding ortho intramolecular Hbond substituents is 1. The monoisotopic (exact) mass is 493 g/mol. The van der Waals surface area contributed by atoms with Gasteiger partial charge in [0.15, 0.2) is 0 Å². The van der Waals surface area contributed by atoms with E-state index in [1.54, 1.807) is 18.2 Å². The number of hydrogen-bond acceptors (Lipinski definition) is 5. The number of hydrogen-bond donors (Lipinski definition) is 2. The Labute approximate surface area is 207 Å². The molecular weight excluding hydrogens is 468 g/mol. The molecule has 2 N–H and O–H groups in total. The molecule has 1 atom stereocenters. The highest BCUT2D eigenvalue weighted by atomic mass is 19.1. The smallest absolute Gasteiger partial charge is 0.300 e. The fourth-order valence-corrected chi connectivity index (χ4v) is 4.35. The minimum Gasteiger partial charge on any atom is -0.508 e. The van der Waals surface area contributed by atoms with E-state index in [2.05, 4.69) is 0 Å². The number of aliphatic hydroxyl groups is 1. The zero-order valence-corrected chi connectivity index (χ0v) is 20.0. The highest BCUT2D eigenvalue weighted by Crippen LogP contribution is 2.44. The van der Waals surface area contributed by atoms with Crippen LogP contribution in [0.3, 0.4) is 0 Å². The van der Waals surface area contributed by atoms with Crippen LogP contribution in [-0.2, 0) is 9.59 Å². The van der Waals surface area contributed by atoms with E-state index in [9.17, 15) is 28.6 Å². The van der Waals surface area contributed by atoms with Crippen LogP contribution in [0.5, 0.6) is 11.5 Å². The maximum absolute atomic E-state index is 14.8. The Morgan fingerprint density at radius 3 is 2.47 bits per heavy atom. The number of rotatable bonds is 6. The van der Waals surface area contributed by atoms with Gasteiger partial charge >= 0.3 is 0 Å². The molecule has 36 heavy (non-hydrogen) atoms. The van der Waals surface area contributed by atoms with Crippen LogP contribution in [-0.4, -0.2) is 28.5 Å². The molecule has 8 heteroatoms. The predicted octanol–water partition coefficient (Wildman–Crippen LogP) is 5.82. The lowest BCUT2D eigenvalue weighted by atomic mass is 9.93. The van der Waals surface area contributed by atoms with Crippen LogP contribution in [0.15, 0.2) is 66.2 Å². The molecule has 1 unspecified atom stereocenters. The molecule has 0 radical (unpaired) electrons. The summed E-state index contributed by atoms with van der Waals surface area (Å²) in [5.41, 5.74) is 0.492. The number of anilines is 1. The zero-order valence-electron chi connectivity index (χ0n) is 20.0. The molecule has 186 valence electrons. The van der Waals surface area contributed by atoms with E-state index in [-0.39, 0.29) is 28.4 Å². The van der Waals surface area contributed by atoms with Gasteiger partial charge in [-0.3, -0.25) is 14.5 Å². The summed E-state index contributed by atoms with van der Waals surface area (Å²) in [6.45, 7) is 6.17. The fraction of sp³-hybridized carbons (Fsp3) is 0.214. The molecule has 0 aromatic heterocycles. The summed E-state index contributed by atoms with van der Waals surface area (Å²) in [4.78, 5) is 27.2. The molecule has 1 saturated heterocycles. The molecule has 1 fully saturated rings. The Balaban J connectivity index is 1.97. The Bertz CT molecular complexity index is 1380. The van der Waals surface area contributed by atoms with Crippen molar-refractivity contribution in [3.8, 4) is 11.5 Å². The molecular formula is C28H25F2NO5. The fourth-order valence-electron chi connectivity index (χ4n) is 4.35. The Morgan fingerprint density at radius 1 is 1.06 bits per heavy atom. The van der Waals surface area contributed by atoms with Crippen LogP contribution < -0.4 is 9.64 Å².